The molecule has 124 valence electrons. The van der Waals surface area contributed by atoms with Crippen LogP contribution in [-0.4, -0.2) is 23.8 Å². The molecule has 1 aromatic rings. The van der Waals surface area contributed by atoms with Crippen molar-refractivity contribution in [2.75, 3.05) is 11.9 Å². The quantitative estimate of drug-likeness (QED) is 0.794. The van der Waals surface area contributed by atoms with E-state index < -0.39 is 23.9 Å². The van der Waals surface area contributed by atoms with Crippen LogP contribution in [0.2, 0.25) is 0 Å². The SMILES string of the molecule is CC(C)(C)[C@H](O)CCNC(=O)Nc1ccc(C(F)(F)F)cc1. The summed E-state index contributed by atoms with van der Waals surface area (Å²) >= 11 is 0. The molecule has 2 amide bonds. The van der Waals surface area contributed by atoms with E-state index in [0.717, 1.165) is 12.1 Å². The van der Waals surface area contributed by atoms with Crippen LogP contribution in [0.25, 0.3) is 0 Å². The molecule has 0 aliphatic rings. The number of hydrogen-bond acceptors (Lipinski definition) is 2. The van der Waals surface area contributed by atoms with Gasteiger partial charge < -0.3 is 15.7 Å². The largest absolute Gasteiger partial charge is 0.416 e. The number of halogens is 3. The molecule has 0 heterocycles. The fourth-order valence-corrected chi connectivity index (χ4v) is 1.67. The summed E-state index contributed by atoms with van der Waals surface area (Å²) in [6.45, 7) is 5.94. The average molecular weight is 318 g/mol. The Balaban J connectivity index is 2.43. The minimum atomic E-state index is -4.40. The molecule has 0 radical (unpaired) electrons. The Morgan fingerprint density at radius 1 is 1.18 bits per heavy atom. The monoisotopic (exact) mass is 318 g/mol. The number of amides is 2. The highest BCUT2D eigenvalue weighted by molar-refractivity contribution is 5.89. The highest BCUT2D eigenvalue weighted by Crippen LogP contribution is 2.29. The molecule has 1 rings (SSSR count). The summed E-state index contributed by atoms with van der Waals surface area (Å²) < 4.78 is 37.2. The summed E-state index contributed by atoms with van der Waals surface area (Å²) in [6.07, 6.45) is -4.56. The van der Waals surface area contributed by atoms with Crippen LogP contribution in [0.3, 0.4) is 0 Å². The molecule has 0 saturated carbocycles. The third-order valence-corrected chi connectivity index (χ3v) is 3.17. The summed E-state index contributed by atoms with van der Waals surface area (Å²) in [6, 6.07) is 3.65. The number of hydrogen-bond donors (Lipinski definition) is 3. The second-order valence-electron chi connectivity index (χ2n) is 6.13. The van der Waals surface area contributed by atoms with Gasteiger partial charge in [-0.2, -0.15) is 13.2 Å². The van der Waals surface area contributed by atoms with Crippen LogP contribution in [0.5, 0.6) is 0 Å². The molecular weight excluding hydrogens is 297 g/mol. The predicted octanol–water partition coefficient (Wildman–Crippen LogP) is 3.62. The zero-order chi connectivity index (χ0) is 17.0. The maximum absolute atomic E-state index is 12.4. The summed E-state index contributed by atoms with van der Waals surface area (Å²) in [5, 5.41) is 14.8. The van der Waals surface area contributed by atoms with Crippen LogP contribution < -0.4 is 10.6 Å². The zero-order valence-electron chi connectivity index (χ0n) is 12.8. The summed E-state index contributed by atoms with van der Waals surface area (Å²) in [7, 11) is 0. The van der Waals surface area contributed by atoms with Gasteiger partial charge in [0.05, 0.1) is 11.7 Å². The molecule has 1 aromatic carbocycles. The van der Waals surface area contributed by atoms with Gasteiger partial charge in [-0.05, 0) is 36.1 Å². The first-order valence-corrected chi connectivity index (χ1v) is 6.90. The number of urea groups is 1. The number of anilines is 1. The minimum Gasteiger partial charge on any atom is -0.393 e. The first kappa shape index (κ1) is 18.3. The van der Waals surface area contributed by atoms with Gasteiger partial charge in [-0.1, -0.05) is 20.8 Å². The molecule has 0 unspecified atom stereocenters. The van der Waals surface area contributed by atoms with Crippen molar-refractivity contribution < 1.29 is 23.1 Å². The standard InChI is InChI=1S/C15H21F3N2O2/c1-14(2,3)12(21)8-9-19-13(22)20-11-6-4-10(5-7-11)15(16,17)18/h4-7,12,21H,8-9H2,1-3H3,(H2,19,20,22)/t12-/m1/s1. The molecular formula is C15H21F3N2O2. The van der Waals surface area contributed by atoms with Gasteiger partial charge in [0, 0.05) is 12.2 Å². The fourth-order valence-electron chi connectivity index (χ4n) is 1.67. The molecule has 1 atom stereocenters. The molecule has 7 heteroatoms. The number of nitrogens with one attached hydrogen (secondary N) is 2. The van der Waals surface area contributed by atoms with Crippen LogP contribution >= 0.6 is 0 Å². The van der Waals surface area contributed by atoms with E-state index in [1.54, 1.807) is 0 Å². The van der Waals surface area contributed by atoms with Crippen molar-refractivity contribution in [1.29, 1.82) is 0 Å². The fraction of sp³-hybridized carbons (Fsp3) is 0.533. The van der Waals surface area contributed by atoms with Crippen LogP contribution in [0, 0.1) is 5.41 Å². The summed E-state index contributed by atoms with van der Waals surface area (Å²) in [5.41, 5.74) is -0.778. The van der Waals surface area contributed by atoms with E-state index in [4.69, 9.17) is 0 Å². The minimum absolute atomic E-state index is 0.266. The molecule has 0 fully saturated rings. The van der Waals surface area contributed by atoms with Crippen molar-refractivity contribution in [3.63, 3.8) is 0 Å². The molecule has 0 bridgehead atoms. The Kier molecular flexibility index (Phi) is 5.82. The van der Waals surface area contributed by atoms with E-state index in [0.29, 0.717) is 6.42 Å². The van der Waals surface area contributed by atoms with Crippen LogP contribution in [0.1, 0.15) is 32.8 Å². The average Bonchev–Trinajstić information content (AvgIpc) is 2.37. The van der Waals surface area contributed by atoms with Gasteiger partial charge >= 0.3 is 12.2 Å². The van der Waals surface area contributed by atoms with Gasteiger partial charge in [0.15, 0.2) is 0 Å². The van der Waals surface area contributed by atoms with E-state index in [1.165, 1.54) is 12.1 Å². The lowest BCUT2D eigenvalue weighted by Gasteiger charge is -2.25. The smallest absolute Gasteiger partial charge is 0.393 e. The van der Waals surface area contributed by atoms with Crippen molar-refractivity contribution in [1.82, 2.24) is 5.32 Å². The van der Waals surface area contributed by atoms with Gasteiger partial charge in [0.25, 0.3) is 0 Å². The molecule has 0 aromatic heterocycles. The lowest BCUT2D eigenvalue weighted by atomic mass is 9.87. The van der Waals surface area contributed by atoms with Crippen molar-refractivity contribution in [3.8, 4) is 0 Å². The first-order valence-electron chi connectivity index (χ1n) is 6.90. The number of rotatable bonds is 4. The highest BCUT2D eigenvalue weighted by atomic mass is 19.4. The van der Waals surface area contributed by atoms with Crippen molar-refractivity contribution in [2.45, 2.75) is 39.5 Å². The third kappa shape index (κ3) is 5.93. The third-order valence-electron chi connectivity index (χ3n) is 3.17. The van der Waals surface area contributed by atoms with E-state index in [1.807, 2.05) is 20.8 Å². The Bertz CT molecular complexity index is 493. The van der Waals surface area contributed by atoms with Crippen molar-refractivity contribution in [2.24, 2.45) is 5.41 Å². The number of carbonyl (C=O) groups excluding carboxylic acids is 1. The predicted molar refractivity (Wildman–Crippen MR) is 78.5 cm³/mol. The van der Waals surface area contributed by atoms with Crippen molar-refractivity contribution >= 4 is 11.7 Å². The lowest BCUT2D eigenvalue weighted by Crippen LogP contribution is -2.34. The van der Waals surface area contributed by atoms with Gasteiger partial charge in [-0.25, -0.2) is 4.79 Å². The van der Waals surface area contributed by atoms with Gasteiger partial charge in [-0.3, -0.25) is 0 Å². The van der Waals surface area contributed by atoms with E-state index in [-0.39, 0.29) is 17.6 Å². The zero-order valence-corrected chi connectivity index (χ0v) is 12.8. The first-order chi connectivity index (χ1) is 10.00. The topological polar surface area (TPSA) is 61.4 Å². The second kappa shape index (κ2) is 7.00. The van der Waals surface area contributed by atoms with Crippen LogP contribution in [0.15, 0.2) is 24.3 Å². The van der Waals surface area contributed by atoms with Gasteiger partial charge in [0.1, 0.15) is 0 Å². The van der Waals surface area contributed by atoms with Crippen molar-refractivity contribution in [3.05, 3.63) is 29.8 Å². The summed E-state index contributed by atoms with van der Waals surface area (Å²) in [4.78, 5) is 11.6. The van der Waals surface area contributed by atoms with Gasteiger partial charge in [0.2, 0.25) is 0 Å². The van der Waals surface area contributed by atoms with E-state index in [9.17, 15) is 23.1 Å². The van der Waals surface area contributed by atoms with E-state index >= 15 is 0 Å². The number of carbonyl (C=O) groups is 1. The molecule has 0 aliphatic carbocycles. The Morgan fingerprint density at radius 3 is 2.18 bits per heavy atom. The number of aliphatic hydroxyl groups is 1. The van der Waals surface area contributed by atoms with Crippen LogP contribution in [0.4, 0.5) is 23.7 Å². The molecule has 3 N–H and O–H groups in total. The highest BCUT2D eigenvalue weighted by Gasteiger charge is 2.30. The maximum atomic E-state index is 12.4. The summed E-state index contributed by atoms with van der Waals surface area (Å²) in [5.74, 6) is 0. The lowest BCUT2D eigenvalue weighted by molar-refractivity contribution is -0.137. The number of benzene rings is 1. The molecule has 0 spiro atoms. The van der Waals surface area contributed by atoms with Gasteiger partial charge in [-0.15, -0.1) is 0 Å². The maximum Gasteiger partial charge on any atom is 0.416 e. The molecule has 0 saturated heterocycles. The molecule has 0 aliphatic heterocycles. The molecule has 22 heavy (non-hydrogen) atoms. The Morgan fingerprint density at radius 2 is 1.73 bits per heavy atom. The Labute approximate surface area is 127 Å². The van der Waals surface area contributed by atoms with Crippen LogP contribution in [-0.2, 0) is 6.18 Å². The normalized spacial score (nSPS) is 13.6. The number of aliphatic hydroxyl groups excluding tert-OH is 1. The Hall–Kier alpha value is -1.76. The molecule has 4 nitrogen and oxygen atoms in total. The number of alkyl halides is 3. The second-order valence-corrected chi connectivity index (χ2v) is 6.13. The van der Waals surface area contributed by atoms with E-state index in [2.05, 4.69) is 10.6 Å².